The van der Waals surface area contributed by atoms with Gasteiger partial charge in [-0.3, -0.25) is 15.1 Å². The molecule has 0 unspecified atom stereocenters. The number of hydrogen-bond donors (Lipinski definition) is 2. The van der Waals surface area contributed by atoms with Crippen molar-refractivity contribution >= 4 is 35.9 Å². The number of anilines is 1. The third-order valence-electron chi connectivity index (χ3n) is 3.77. The van der Waals surface area contributed by atoms with Crippen LogP contribution in [0.2, 0.25) is 0 Å². The number of carbonyl (C=O) groups excluding carboxylic acids is 2. The van der Waals surface area contributed by atoms with Gasteiger partial charge in [0.05, 0.1) is 6.54 Å². The van der Waals surface area contributed by atoms with Crippen molar-refractivity contribution in [3.8, 4) is 0 Å². The molecule has 0 fully saturated rings. The third kappa shape index (κ3) is 6.48. The highest BCUT2D eigenvalue weighted by Gasteiger charge is 2.21. The van der Waals surface area contributed by atoms with Gasteiger partial charge in [-0.1, -0.05) is 19.9 Å². The zero-order valence-corrected chi connectivity index (χ0v) is 17.1. The van der Waals surface area contributed by atoms with E-state index in [0.717, 1.165) is 29.7 Å². The molecule has 2 rings (SSSR count). The molecule has 1 aliphatic rings. The van der Waals surface area contributed by atoms with Gasteiger partial charge in [-0.15, -0.1) is 0 Å². The van der Waals surface area contributed by atoms with E-state index in [1.54, 1.807) is 0 Å². The number of Topliss-reactive ketones (excluding diaryl/α,β-unsaturated/α-hetero) is 1. The highest BCUT2D eigenvalue weighted by molar-refractivity contribution is 7.81. The number of ether oxygens (including phenoxy) is 1. The van der Waals surface area contributed by atoms with E-state index < -0.39 is 11.7 Å². The van der Waals surface area contributed by atoms with Gasteiger partial charge in [0, 0.05) is 22.6 Å². The monoisotopic (exact) mass is 376 g/mol. The molecule has 1 amide bonds. The second kappa shape index (κ2) is 7.82. The highest BCUT2D eigenvalue weighted by Crippen LogP contribution is 2.26. The average molecular weight is 377 g/mol. The summed E-state index contributed by atoms with van der Waals surface area (Å²) >= 11 is 4.39. The first-order chi connectivity index (χ1) is 11.9. The van der Waals surface area contributed by atoms with E-state index in [-0.39, 0.29) is 17.1 Å². The van der Waals surface area contributed by atoms with Crippen LogP contribution in [-0.4, -0.2) is 34.5 Å². The lowest BCUT2D eigenvalue weighted by Crippen LogP contribution is -2.27. The van der Waals surface area contributed by atoms with Crippen LogP contribution < -0.4 is 5.32 Å². The van der Waals surface area contributed by atoms with Crippen LogP contribution in [0.4, 0.5) is 10.5 Å². The molecule has 0 heterocycles. The van der Waals surface area contributed by atoms with Crippen LogP contribution in [0.1, 0.15) is 58.6 Å². The van der Waals surface area contributed by atoms with Crippen LogP contribution in [0.25, 0.3) is 0 Å². The summed E-state index contributed by atoms with van der Waals surface area (Å²) in [6.07, 6.45) is 1.59. The molecule has 0 saturated heterocycles. The number of thiol groups is 1. The molecular formula is C20H28N2O3S. The largest absolute Gasteiger partial charge is 0.444 e. The Bertz CT molecular complexity index is 728. The normalized spacial score (nSPS) is 15.7. The number of nitrogens with one attached hydrogen (secondary N) is 1. The molecule has 0 spiro atoms. The molecule has 142 valence electrons. The van der Waals surface area contributed by atoms with Crippen molar-refractivity contribution in [3.63, 3.8) is 0 Å². The summed E-state index contributed by atoms with van der Waals surface area (Å²) < 4.78 is 4.96. The average Bonchev–Trinajstić information content (AvgIpc) is 2.83. The maximum Gasteiger partial charge on any atom is 0.412 e. The predicted octanol–water partition coefficient (Wildman–Crippen LogP) is 4.44. The number of benzene rings is 1. The first kappa shape index (κ1) is 20.5. The van der Waals surface area contributed by atoms with Crippen LogP contribution in [0.15, 0.2) is 23.2 Å². The number of nitrogens with zero attached hydrogens (tertiary/aromatic N) is 1. The van der Waals surface area contributed by atoms with E-state index in [2.05, 4.69) is 22.9 Å². The van der Waals surface area contributed by atoms with Crippen LogP contribution in [-0.2, 0) is 16.0 Å². The predicted molar refractivity (Wildman–Crippen MR) is 109 cm³/mol. The van der Waals surface area contributed by atoms with Gasteiger partial charge >= 0.3 is 6.09 Å². The first-order valence-corrected chi connectivity index (χ1v) is 9.28. The summed E-state index contributed by atoms with van der Waals surface area (Å²) in [6, 6.07) is 5.73. The van der Waals surface area contributed by atoms with Gasteiger partial charge in [0.15, 0.2) is 5.78 Å². The van der Waals surface area contributed by atoms with Gasteiger partial charge in [-0.25, -0.2) is 4.79 Å². The molecular weight excluding hydrogens is 348 g/mol. The Morgan fingerprint density at radius 1 is 1.19 bits per heavy atom. The molecule has 26 heavy (non-hydrogen) atoms. The van der Waals surface area contributed by atoms with Crippen molar-refractivity contribution < 1.29 is 14.3 Å². The molecule has 1 aliphatic carbocycles. The van der Waals surface area contributed by atoms with Crippen LogP contribution in [0.5, 0.6) is 0 Å². The fraction of sp³-hybridized carbons (Fsp3) is 0.550. The van der Waals surface area contributed by atoms with Crippen molar-refractivity contribution in [1.82, 2.24) is 0 Å². The van der Waals surface area contributed by atoms with Crippen LogP contribution in [0.3, 0.4) is 0 Å². The molecule has 0 radical (unpaired) electrons. The number of aryl methyl sites for hydroxylation is 1. The van der Waals surface area contributed by atoms with E-state index in [9.17, 15) is 9.59 Å². The summed E-state index contributed by atoms with van der Waals surface area (Å²) in [5, 5.41) is 2.76. The van der Waals surface area contributed by atoms with Gasteiger partial charge in [-0.2, -0.15) is 12.6 Å². The Morgan fingerprint density at radius 2 is 1.88 bits per heavy atom. The quantitative estimate of drug-likeness (QED) is 0.747. The smallest absolute Gasteiger partial charge is 0.412 e. The molecule has 0 atom stereocenters. The molecule has 0 bridgehead atoms. The maximum absolute atomic E-state index is 12.0. The van der Waals surface area contributed by atoms with E-state index in [0.29, 0.717) is 12.1 Å². The first-order valence-electron chi connectivity index (χ1n) is 8.84. The SMILES string of the molecule is CC(C)(S)CC(=O)CN=C1CCc2cc(NC(=O)OC(C)(C)C)ccc21. The fourth-order valence-corrected chi connectivity index (χ4v) is 3.03. The number of ketones is 1. The van der Waals surface area contributed by atoms with Gasteiger partial charge in [0.2, 0.25) is 0 Å². The summed E-state index contributed by atoms with van der Waals surface area (Å²) in [5.74, 6) is 0.0918. The zero-order chi connectivity index (χ0) is 19.5. The lowest BCUT2D eigenvalue weighted by Gasteiger charge is -2.19. The lowest BCUT2D eigenvalue weighted by atomic mass is 10.1. The van der Waals surface area contributed by atoms with E-state index in [1.807, 2.05) is 52.8 Å². The van der Waals surface area contributed by atoms with Crippen LogP contribution in [0, 0.1) is 0 Å². The standard InChI is InChI=1S/C20H28N2O3S/c1-19(2,3)25-18(24)22-14-7-8-16-13(10-14)6-9-17(16)21-12-15(23)11-20(4,5)26/h7-8,10,26H,6,9,11-12H2,1-5H3,(H,22,24). The number of hydrogen-bond acceptors (Lipinski definition) is 5. The van der Waals surface area contributed by atoms with Crippen molar-refractivity contribution in [2.24, 2.45) is 4.99 Å². The van der Waals surface area contributed by atoms with Crippen molar-refractivity contribution in [2.75, 3.05) is 11.9 Å². The van der Waals surface area contributed by atoms with E-state index in [1.165, 1.54) is 0 Å². The van der Waals surface area contributed by atoms with E-state index >= 15 is 0 Å². The summed E-state index contributed by atoms with van der Waals surface area (Å²) in [7, 11) is 0. The molecule has 0 aromatic heterocycles. The second-order valence-corrected chi connectivity index (χ2v) is 9.50. The molecule has 0 aliphatic heterocycles. The lowest BCUT2D eigenvalue weighted by molar-refractivity contribution is -0.118. The molecule has 5 nitrogen and oxygen atoms in total. The second-order valence-electron chi connectivity index (χ2n) is 8.29. The topological polar surface area (TPSA) is 67.8 Å². The molecule has 1 aromatic rings. The van der Waals surface area contributed by atoms with Crippen LogP contribution >= 0.6 is 12.6 Å². The number of aliphatic imine (C=N–C) groups is 1. The number of rotatable bonds is 5. The number of fused-ring (bicyclic) bond motifs is 1. The minimum atomic E-state index is -0.533. The van der Waals surface area contributed by atoms with E-state index in [4.69, 9.17) is 4.74 Å². The van der Waals surface area contributed by atoms with Crippen molar-refractivity contribution in [2.45, 2.75) is 64.2 Å². The van der Waals surface area contributed by atoms with Gasteiger partial charge in [0.1, 0.15) is 5.60 Å². The summed E-state index contributed by atoms with van der Waals surface area (Å²) in [6.45, 7) is 9.52. The Balaban J connectivity index is 2.02. The third-order valence-corrected chi connectivity index (χ3v) is 3.93. The zero-order valence-electron chi connectivity index (χ0n) is 16.2. The highest BCUT2D eigenvalue weighted by atomic mass is 32.1. The summed E-state index contributed by atoms with van der Waals surface area (Å²) in [4.78, 5) is 28.4. The van der Waals surface area contributed by atoms with Gasteiger partial charge < -0.3 is 4.74 Å². The Kier molecular flexibility index (Phi) is 6.17. The van der Waals surface area contributed by atoms with Gasteiger partial charge in [0.25, 0.3) is 0 Å². The van der Waals surface area contributed by atoms with Crippen molar-refractivity contribution in [1.29, 1.82) is 0 Å². The Labute approximate surface area is 161 Å². The Morgan fingerprint density at radius 3 is 2.50 bits per heavy atom. The number of carbonyl (C=O) groups is 2. The summed E-state index contributed by atoms with van der Waals surface area (Å²) in [5.41, 5.74) is 3.30. The Hall–Kier alpha value is -1.82. The maximum atomic E-state index is 12.0. The number of amides is 1. The molecule has 1 aromatic carbocycles. The fourth-order valence-electron chi connectivity index (χ4n) is 2.86. The molecule has 6 heteroatoms. The molecule has 1 N–H and O–H groups in total. The van der Waals surface area contributed by atoms with Gasteiger partial charge in [-0.05, 0) is 56.9 Å². The van der Waals surface area contributed by atoms with Crippen molar-refractivity contribution in [3.05, 3.63) is 29.3 Å². The molecule has 0 saturated carbocycles. The minimum absolute atomic E-state index is 0.0918. The minimum Gasteiger partial charge on any atom is -0.444 e.